The topological polar surface area (TPSA) is 44.4 Å². The minimum absolute atomic E-state index is 0.195. The standard InChI is InChI=1S/C10H21N3O/c1-13(2)6-5-12-10(14)7-9-3-4-11-8-9/h9,11H,3-8H2,1-2H3,(H,12,14). The van der Waals surface area contributed by atoms with Crippen molar-refractivity contribution in [3.05, 3.63) is 0 Å². The Kier molecular flexibility index (Phi) is 4.90. The maximum Gasteiger partial charge on any atom is 0.220 e. The summed E-state index contributed by atoms with van der Waals surface area (Å²) in [6.07, 6.45) is 1.82. The quantitative estimate of drug-likeness (QED) is 0.637. The van der Waals surface area contributed by atoms with Crippen LogP contribution in [0.25, 0.3) is 0 Å². The van der Waals surface area contributed by atoms with Gasteiger partial charge < -0.3 is 15.5 Å². The van der Waals surface area contributed by atoms with Crippen molar-refractivity contribution in [2.24, 2.45) is 5.92 Å². The SMILES string of the molecule is CN(C)CCNC(=O)CC1CCNC1. The van der Waals surface area contributed by atoms with Gasteiger partial charge in [-0.2, -0.15) is 0 Å². The van der Waals surface area contributed by atoms with Crippen LogP contribution < -0.4 is 10.6 Å². The Morgan fingerprint density at radius 3 is 2.93 bits per heavy atom. The molecular weight excluding hydrogens is 178 g/mol. The second-order valence-electron chi connectivity index (χ2n) is 4.22. The second-order valence-corrected chi connectivity index (χ2v) is 4.22. The largest absolute Gasteiger partial charge is 0.355 e. The normalized spacial score (nSPS) is 21.5. The Hall–Kier alpha value is -0.610. The first kappa shape index (κ1) is 11.5. The first-order valence-corrected chi connectivity index (χ1v) is 5.30. The molecule has 82 valence electrons. The van der Waals surface area contributed by atoms with Gasteiger partial charge in [0.05, 0.1) is 0 Å². The highest BCUT2D eigenvalue weighted by molar-refractivity contribution is 5.76. The van der Waals surface area contributed by atoms with Crippen molar-refractivity contribution in [2.75, 3.05) is 40.3 Å². The lowest BCUT2D eigenvalue weighted by Crippen LogP contribution is -2.32. The molecule has 4 nitrogen and oxygen atoms in total. The summed E-state index contributed by atoms with van der Waals surface area (Å²) in [5.41, 5.74) is 0. The Labute approximate surface area is 86.0 Å². The van der Waals surface area contributed by atoms with Gasteiger partial charge in [0.25, 0.3) is 0 Å². The average molecular weight is 199 g/mol. The molecule has 0 aliphatic carbocycles. The third kappa shape index (κ3) is 4.58. The number of rotatable bonds is 5. The van der Waals surface area contributed by atoms with Crippen LogP contribution in [0.2, 0.25) is 0 Å². The molecule has 0 saturated carbocycles. The average Bonchev–Trinajstić information content (AvgIpc) is 2.56. The van der Waals surface area contributed by atoms with Crippen molar-refractivity contribution in [1.29, 1.82) is 0 Å². The summed E-state index contributed by atoms with van der Waals surface area (Å²) in [5, 5.41) is 6.20. The van der Waals surface area contributed by atoms with E-state index in [0.29, 0.717) is 12.3 Å². The summed E-state index contributed by atoms with van der Waals surface area (Å²) < 4.78 is 0. The predicted octanol–water partition coefficient (Wildman–Crippen LogP) is -0.336. The van der Waals surface area contributed by atoms with Crippen molar-refractivity contribution < 1.29 is 4.79 Å². The number of nitrogens with one attached hydrogen (secondary N) is 2. The van der Waals surface area contributed by atoms with Crippen LogP contribution in [0.5, 0.6) is 0 Å². The zero-order valence-electron chi connectivity index (χ0n) is 9.18. The molecule has 2 N–H and O–H groups in total. The van der Waals surface area contributed by atoms with Gasteiger partial charge in [0.15, 0.2) is 0 Å². The number of nitrogens with zero attached hydrogens (tertiary/aromatic N) is 1. The first-order valence-electron chi connectivity index (χ1n) is 5.30. The molecule has 0 aromatic heterocycles. The minimum Gasteiger partial charge on any atom is -0.355 e. The lowest BCUT2D eigenvalue weighted by atomic mass is 10.0. The lowest BCUT2D eigenvalue weighted by Gasteiger charge is -2.12. The molecule has 0 aromatic carbocycles. The predicted molar refractivity (Wildman–Crippen MR) is 57.2 cm³/mol. The van der Waals surface area contributed by atoms with Gasteiger partial charge in [-0.15, -0.1) is 0 Å². The molecule has 4 heteroatoms. The third-order valence-corrected chi connectivity index (χ3v) is 2.52. The van der Waals surface area contributed by atoms with Crippen molar-refractivity contribution >= 4 is 5.91 Å². The number of hydrogen-bond acceptors (Lipinski definition) is 3. The van der Waals surface area contributed by atoms with E-state index >= 15 is 0 Å². The van der Waals surface area contributed by atoms with Crippen molar-refractivity contribution in [1.82, 2.24) is 15.5 Å². The molecule has 0 radical (unpaired) electrons. The van der Waals surface area contributed by atoms with E-state index in [0.717, 1.165) is 32.6 Å². The van der Waals surface area contributed by atoms with Crippen LogP contribution in [0.15, 0.2) is 0 Å². The molecule has 1 aliphatic heterocycles. The van der Waals surface area contributed by atoms with Gasteiger partial charge in [-0.25, -0.2) is 0 Å². The van der Waals surface area contributed by atoms with E-state index in [9.17, 15) is 4.79 Å². The Balaban J connectivity index is 2.03. The van der Waals surface area contributed by atoms with Crippen LogP contribution in [0.3, 0.4) is 0 Å². The molecule has 1 heterocycles. The van der Waals surface area contributed by atoms with Crippen LogP contribution in [0.1, 0.15) is 12.8 Å². The van der Waals surface area contributed by atoms with Gasteiger partial charge in [-0.3, -0.25) is 4.79 Å². The highest BCUT2D eigenvalue weighted by atomic mass is 16.1. The summed E-state index contributed by atoms with van der Waals surface area (Å²) >= 11 is 0. The van der Waals surface area contributed by atoms with Crippen molar-refractivity contribution in [3.8, 4) is 0 Å². The maximum absolute atomic E-state index is 11.4. The molecule has 1 rings (SSSR count). The molecule has 1 atom stereocenters. The fraction of sp³-hybridized carbons (Fsp3) is 0.900. The molecule has 14 heavy (non-hydrogen) atoms. The number of amides is 1. The first-order chi connectivity index (χ1) is 6.68. The van der Waals surface area contributed by atoms with E-state index in [2.05, 4.69) is 15.5 Å². The monoisotopic (exact) mass is 199 g/mol. The third-order valence-electron chi connectivity index (χ3n) is 2.52. The summed E-state index contributed by atoms with van der Waals surface area (Å²) in [7, 11) is 4.01. The second kappa shape index (κ2) is 5.98. The molecule has 1 fully saturated rings. The maximum atomic E-state index is 11.4. The molecule has 1 saturated heterocycles. The van der Waals surface area contributed by atoms with Gasteiger partial charge in [-0.05, 0) is 39.5 Å². The molecule has 0 spiro atoms. The highest BCUT2D eigenvalue weighted by Crippen LogP contribution is 2.11. The number of carbonyl (C=O) groups is 1. The van der Waals surface area contributed by atoms with Crippen LogP contribution in [0, 0.1) is 5.92 Å². The van der Waals surface area contributed by atoms with E-state index in [4.69, 9.17) is 0 Å². The van der Waals surface area contributed by atoms with E-state index < -0.39 is 0 Å². The van der Waals surface area contributed by atoms with Gasteiger partial charge in [-0.1, -0.05) is 0 Å². The van der Waals surface area contributed by atoms with Crippen LogP contribution in [-0.4, -0.2) is 51.1 Å². The lowest BCUT2D eigenvalue weighted by molar-refractivity contribution is -0.121. The van der Waals surface area contributed by atoms with Crippen molar-refractivity contribution in [2.45, 2.75) is 12.8 Å². The summed E-state index contributed by atoms with van der Waals surface area (Å²) in [6.45, 7) is 3.73. The molecule has 0 bridgehead atoms. The van der Waals surface area contributed by atoms with E-state index in [1.54, 1.807) is 0 Å². The smallest absolute Gasteiger partial charge is 0.220 e. The number of hydrogen-bond donors (Lipinski definition) is 2. The zero-order valence-corrected chi connectivity index (χ0v) is 9.18. The number of carbonyl (C=O) groups excluding carboxylic acids is 1. The van der Waals surface area contributed by atoms with E-state index in [-0.39, 0.29) is 5.91 Å². The van der Waals surface area contributed by atoms with Crippen molar-refractivity contribution in [3.63, 3.8) is 0 Å². The van der Waals surface area contributed by atoms with E-state index in [1.807, 2.05) is 14.1 Å². The molecular formula is C10H21N3O. The highest BCUT2D eigenvalue weighted by Gasteiger charge is 2.17. The molecule has 0 aromatic rings. The van der Waals surface area contributed by atoms with Crippen LogP contribution >= 0.6 is 0 Å². The van der Waals surface area contributed by atoms with Crippen LogP contribution in [-0.2, 0) is 4.79 Å². The van der Waals surface area contributed by atoms with Gasteiger partial charge in [0.2, 0.25) is 5.91 Å². The van der Waals surface area contributed by atoms with Gasteiger partial charge in [0, 0.05) is 19.5 Å². The van der Waals surface area contributed by atoms with Crippen LogP contribution in [0.4, 0.5) is 0 Å². The molecule has 1 amide bonds. The Morgan fingerprint density at radius 2 is 2.36 bits per heavy atom. The van der Waals surface area contributed by atoms with Gasteiger partial charge >= 0.3 is 0 Å². The van der Waals surface area contributed by atoms with Gasteiger partial charge in [0.1, 0.15) is 0 Å². The fourth-order valence-electron chi connectivity index (χ4n) is 1.64. The fourth-order valence-corrected chi connectivity index (χ4v) is 1.64. The summed E-state index contributed by atoms with van der Waals surface area (Å²) in [5.74, 6) is 0.745. The minimum atomic E-state index is 0.195. The molecule has 1 unspecified atom stereocenters. The zero-order chi connectivity index (χ0) is 10.4. The molecule has 1 aliphatic rings. The summed E-state index contributed by atoms with van der Waals surface area (Å²) in [6, 6.07) is 0. The Morgan fingerprint density at radius 1 is 1.57 bits per heavy atom. The van der Waals surface area contributed by atoms with E-state index in [1.165, 1.54) is 0 Å². The number of likely N-dealkylation sites (N-methyl/N-ethyl adjacent to an activating group) is 1. The summed E-state index contributed by atoms with van der Waals surface area (Å²) in [4.78, 5) is 13.5. The Bertz CT molecular complexity index is 176.